The summed E-state index contributed by atoms with van der Waals surface area (Å²) in [5.41, 5.74) is 1.81. The monoisotopic (exact) mass is 451 g/mol. The van der Waals surface area contributed by atoms with Gasteiger partial charge in [-0.1, -0.05) is 29.8 Å². The van der Waals surface area contributed by atoms with Crippen molar-refractivity contribution in [1.82, 2.24) is 15.5 Å². The minimum atomic E-state index is -0.172. The van der Waals surface area contributed by atoms with E-state index in [-0.39, 0.29) is 24.3 Å². The van der Waals surface area contributed by atoms with E-state index < -0.39 is 0 Å². The first kappa shape index (κ1) is 21.6. The highest BCUT2D eigenvalue weighted by molar-refractivity contribution is 9.10. The number of hydrogen-bond donors (Lipinski definition) is 2. The SMILES string of the molecule is CCN(CC)C(CNC(=O)CCNC(=O)c1ccc(Br)cc1)c1ccsc1. The first-order valence-corrected chi connectivity index (χ1v) is 10.8. The lowest BCUT2D eigenvalue weighted by Gasteiger charge is -2.29. The van der Waals surface area contributed by atoms with Crippen LogP contribution in [0.1, 0.15) is 42.2 Å². The van der Waals surface area contributed by atoms with Gasteiger partial charge in [0.1, 0.15) is 0 Å². The number of benzene rings is 1. The molecule has 1 aromatic heterocycles. The van der Waals surface area contributed by atoms with Crippen LogP contribution in [0.4, 0.5) is 0 Å². The fourth-order valence-electron chi connectivity index (χ4n) is 2.88. The van der Waals surface area contributed by atoms with E-state index in [0.29, 0.717) is 18.7 Å². The molecule has 7 heteroatoms. The molecule has 146 valence electrons. The van der Waals surface area contributed by atoms with Crippen molar-refractivity contribution in [1.29, 1.82) is 0 Å². The summed E-state index contributed by atoms with van der Waals surface area (Å²) < 4.78 is 0.923. The Morgan fingerprint density at radius 2 is 1.81 bits per heavy atom. The van der Waals surface area contributed by atoms with Crippen LogP contribution in [-0.4, -0.2) is 42.9 Å². The Morgan fingerprint density at radius 3 is 2.41 bits per heavy atom. The maximum absolute atomic E-state index is 12.2. The Labute approximate surface area is 173 Å². The van der Waals surface area contributed by atoms with Gasteiger partial charge in [0.05, 0.1) is 6.04 Å². The number of nitrogens with zero attached hydrogens (tertiary/aromatic N) is 1. The standard InChI is InChI=1S/C20H26BrN3O2S/c1-3-24(4-2)18(16-10-12-27-14-16)13-23-19(25)9-11-22-20(26)15-5-7-17(21)8-6-15/h5-8,10,12,14,18H,3-4,9,11,13H2,1-2H3,(H,22,26)(H,23,25). The molecule has 1 heterocycles. The quantitative estimate of drug-likeness (QED) is 0.576. The van der Waals surface area contributed by atoms with E-state index in [9.17, 15) is 9.59 Å². The van der Waals surface area contributed by atoms with E-state index >= 15 is 0 Å². The lowest BCUT2D eigenvalue weighted by molar-refractivity contribution is -0.121. The maximum atomic E-state index is 12.2. The largest absolute Gasteiger partial charge is 0.354 e. The number of rotatable bonds is 10. The number of hydrogen-bond acceptors (Lipinski definition) is 4. The zero-order valence-electron chi connectivity index (χ0n) is 15.7. The van der Waals surface area contributed by atoms with Crippen LogP contribution in [0.5, 0.6) is 0 Å². The van der Waals surface area contributed by atoms with Crippen LogP contribution in [-0.2, 0) is 4.79 Å². The third-order valence-corrected chi connectivity index (χ3v) is 5.65. The molecular weight excluding hydrogens is 426 g/mol. The molecule has 0 aliphatic heterocycles. The Bertz CT molecular complexity index is 715. The van der Waals surface area contributed by atoms with E-state index in [1.807, 2.05) is 12.1 Å². The zero-order chi connectivity index (χ0) is 19.6. The van der Waals surface area contributed by atoms with Crippen molar-refractivity contribution in [2.45, 2.75) is 26.3 Å². The molecule has 2 N–H and O–H groups in total. The van der Waals surface area contributed by atoms with Gasteiger partial charge in [0.2, 0.25) is 5.91 Å². The molecular formula is C20H26BrN3O2S. The summed E-state index contributed by atoms with van der Waals surface area (Å²) >= 11 is 5.01. The van der Waals surface area contributed by atoms with Crippen LogP contribution in [0.2, 0.25) is 0 Å². The van der Waals surface area contributed by atoms with Crippen molar-refractivity contribution in [3.8, 4) is 0 Å². The molecule has 5 nitrogen and oxygen atoms in total. The molecule has 0 saturated carbocycles. The predicted octanol–water partition coefficient (Wildman–Crippen LogP) is 3.83. The fourth-order valence-corrected chi connectivity index (χ4v) is 3.85. The second-order valence-corrected chi connectivity index (χ2v) is 7.81. The number of carbonyl (C=O) groups excluding carboxylic acids is 2. The Balaban J connectivity index is 1.78. The summed E-state index contributed by atoms with van der Waals surface area (Å²) in [4.78, 5) is 26.6. The maximum Gasteiger partial charge on any atom is 0.251 e. The average molecular weight is 452 g/mol. The molecule has 1 atom stereocenters. The van der Waals surface area contributed by atoms with E-state index in [1.54, 1.807) is 23.5 Å². The van der Waals surface area contributed by atoms with Gasteiger partial charge in [-0.3, -0.25) is 14.5 Å². The average Bonchev–Trinajstić information content (AvgIpc) is 3.20. The minimum absolute atomic E-state index is 0.0570. The summed E-state index contributed by atoms with van der Waals surface area (Å²) in [6.07, 6.45) is 0.261. The molecule has 0 saturated heterocycles. The highest BCUT2D eigenvalue weighted by atomic mass is 79.9. The first-order chi connectivity index (χ1) is 13.0. The van der Waals surface area contributed by atoms with Gasteiger partial charge in [-0.25, -0.2) is 0 Å². The van der Waals surface area contributed by atoms with Crippen molar-refractivity contribution < 1.29 is 9.59 Å². The van der Waals surface area contributed by atoms with E-state index in [0.717, 1.165) is 17.6 Å². The van der Waals surface area contributed by atoms with E-state index in [1.165, 1.54) is 5.56 Å². The van der Waals surface area contributed by atoms with Gasteiger partial charge in [-0.15, -0.1) is 0 Å². The second kappa shape index (κ2) is 11.2. The van der Waals surface area contributed by atoms with Crippen molar-refractivity contribution >= 4 is 39.1 Å². The fraction of sp³-hybridized carbons (Fsp3) is 0.400. The second-order valence-electron chi connectivity index (χ2n) is 6.11. The van der Waals surface area contributed by atoms with Gasteiger partial charge < -0.3 is 10.6 Å². The molecule has 27 heavy (non-hydrogen) atoms. The third kappa shape index (κ3) is 6.75. The number of carbonyl (C=O) groups is 2. The third-order valence-electron chi connectivity index (χ3n) is 4.42. The normalized spacial score (nSPS) is 12.0. The molecule has 0 bridgehead atoms. The number of thiophene rings is 1. The molecule has 0 spiro atoms. The highest BCUT2D eigenvalue weighted by Crippen LogP contribution is 2.22. The molecule has 0 radical (unpaired) electrons. The van der Waals surface area contributed by atoms with Crippen molar-refractivity contribution in [2.24, 2.45) is 0 Å². The number of halogens is 1. The predicted molar refractivity (Wildman–Crippen MR) is 114 cm³/mol. The molecule has 1 unspecified atom stereocenters. The zero-order valence-corrected chi connectivity index (χ0v) is 18.1. The van der Waals surface area contributed by atoms with Crippen LogP contribution < -0.4 is 10.6 Å². The van der Waals surface area contributed by atoms with Crippen LogP contribution >= 0.6 is 27.3 Å². The van der Waals surface area contributed by atoms with Crippen molar-refractivity contribution in [3.05, 3.63) is 56.7 Å². The Morgan fingerprint density at radius 1 is 1.11 bits per heavy atom. The molecule has 1 aromatic carbocycles. The first-order valence-electron chi connectivity index (χ1n) is 9.11. The lowest BCUT2D eigenvalue weighted by atomic mass is 10.1. The highest BCUT2D eigenvalue weighted by Gasteiger charge is 2.19. The van der Waals surface area contributed by atoms with Crippen molar-refractivity contribution in [3.63, 3.8) is 0 Å². The van der Waals surface area contributed by atoms with Gasteiger partial charge in [-0.05, 0) is 59.7 Å². The minimum Gasteiger partial charge on any atom is -0.354 e. The van der Waals surface area contributed by atoms with Gasteiger partial charge in [0.25, 0.3) is 5.91 Å². The molecule has 0 aliphatic rings. The topological polar surface area (TPSA) is 61.4 Å². The summed E-state index contributed by atoms with van der Waals surface area (Å²) in [6, 6.07) is 9.41. The number of likely N-dealkylation sites (N-methyl/N-ethyl adjacent to an activating group) is 1. The smallest absolute Gasteiger partial charge is 0.251 e. The van der Waals surface area contributed by atoms with E-state index in [2.05, 4.69) is 62.1 Å². The Kier molecular flexibility index (Phi) is 8.97. The van der Waals surface area contributed by atoms with E-state index in [4.69, 9.17) is 0 Å². The van der Waals surface area contributed by atoms with Crippen LogP contribution in [0, 0.1) is 0 Å². The molecule has 0 aliphatic carbocycles. The summed E-state index contributed by atoms with van der Waals surface area (Å²) in [5.74, 6) is -0.229. The van der Waals surface area contributed by atoms with Crippen LogP contribution in [0.25, 0.3) is 0 Å². The number of amides is 2. The Hall–Kier alpha value is -1.70. The van der Waals surface area contributed by atoms with Gasteiger partial charge >= 0.3 is 0 Å². The lowest BCUT2D eigenvalue weighted by Crippen LogP contribution is -2.38. The van der Waals surface area contributed by atoms with Gasteiger partial charge in [-0.2, -0.15) is 11.3 Å². The van der Waals surface area contributed by atoms with Crippen LogP contribution in [0.15, 0.2) is 45.6 Å². The number of nitrogens with one attached hydrogen (secondary N) is 2. The molecule has 0 fully saturated rings. The molecule has 2 amide bonds. The summed E-state index contributed by atoms with van der Waals surface area (Å²) in [6.45, 7) is 6.99. The summed E-state index contributed by atoms with van der Waals surface area (Å²) in [7, 11) is 0. The van der Waals surface area contributed by atoms with Gasteiger partial charge in [0.15, 0.2) is 0 Å². The molecule has 2 rings (SSSR count). The molecule has 2 aromatic rings. The van der Waals surface area contributed by atoms with Crippen LogP contribution in [0.3, 0.4) is 0 Å². The van der Waals surface area contributed by atoms with Gasteiger partial charge in [0, 0.05) is 29.5 Å². The van der Waals surface area contributed by atoms with Crippen molar-refractivity contribution in [2.75, 3.05) is 26.2 Å². The summed E-state index contributed by atoms with van der Waals surface area (Å²) in [5, 5.41) is 9.99.